The number of carbonyl (C=O) groups is 3. The minimum Gasteiger partial charge on any atom is -0.544 e. The van der Waals surface area contributed by atoms with E-state index in [-0.39, 0.29) is 42.7 Å². The normalized spacial score (nSPS) is 13.5. The van der Waals surface area contributed by atoms with E-state index in [1.165, 1.54) is 116 Å². The molecule has 2 atom stereocenters. The number of rotatable bonds is 44. The Morgan fingerprint density at radius 3 is 1.40 bits per heavy atom. The summed E-state index contributed by atoms with van der Waals surface area (Å²) in [6, 6.07) is -0.737. The van der Waals surface area contributed by atoms with Gasteiger partial charge in [-0.25, -0.2) is 0 Å². The average molecular weight is 868 g/mol. The van der Waals surface area contributed by atoms with Gasteiger partial charge in [0.05, 0.1) is 40.3 Å². The zero-order valence-corrected chi connectivity index (χ0v) is 40.5. The molecule has 0 aliphatic carbocycles. The van der Waals surface area contributed by atoms with E-state index in [0.29, 0.717) is 12.8 Å². The number of likely N-dealkylation sites (N-methyl/N-ethyl adjacent to an activating group) is 1. The fraction of sp³-hybridized carbons (Fsp3) is 0.722. The molecule has 0 aromatic heterocycles. The molecule has 0 aliphatic rings. The summed E-state index contributed by atoms with van der Waals surface area (Å²) in [6.07, 6.45) is 56.6. The van der Waals surface area contributed by atoms with Crippen LogP contribution in [0, 0.1) is 0 Å². The SMILES string of the molecule is CC/C=C/C=C/C=C/C=C/C=C/CCCCCC(=O)OCC(COCCC(C(=O)[O-])[N+](C)(C)C)OC(=O)CCCCCCCCC/C=C/CCCCCCCCCCCCCC. The molecule has 0 aliphatic heterocycles. The Balaban J connectivity index is 4.29. The number of quaternary nitrogens is 1. The maximum Gasteiger partial charge on any atom is 0.306 e. The van der Waals surface area contributed by atoms with Gasteiger partial charge in [-0.2, -0.15) is 0 Å². The van der Waals surface area contributed by atoms with Gasteiger partial charge in [-0.3, -0.25) is 9.59 Å². The fourth-order valence-electron chi connectivity index (χ4n) is 7.09. The Bertz CT molecular complexity index is 1240. The number of ether oxygens (including phenoxy) is 3. The van der Waals surface area contributed by atoms with Crippen LogP contribution in [0.15, 0.2) is 72.9 Å². The van der Waals surface area contributed by atoms with Crippen molar-refractivity contribution in [2.24, 2.45) is 0 Å². The van der Waals surface area contributed by atoms with Crippen molar-refractivity contribution in [2.75, 3.05) is 41.0 Å². The number of carboxylic acid groups (broad SMARTS) is 1. The first-order valence-electron chi connectivity index (χ1n) is 25.0. The predicted molar refractivity (Wildman–Crippen MR) is 259 cm³/mol. The van der Waals surface area contributed by atoms with E-state index in [9.17, 15) is 19.5 Å². The molecule has 0 saturated heterocycles. The molecule has 0 fully saturated rings. The zero-order valence-electron chi connectivity index (χ0n) is 40.5. The van der Waals surface area contributed by atoms with Crippen LogP contribution < -0.4 is 5.11 Å². The molecule has 0 radical (unpaired) electrons. The second kappa shape index (κ2) is 44.4. The zero-order chi connectivity index (χ0) is 45.6. The third-order valence-corrected chi connectivity index (χ3v) is 11.0. The molecule has 8 nitrogen and oxygen atoms in total. The summed E-state index contributed by atoms with van der Waals surface area (Å²) in [5, 5.41) is 11.7. The fourth-order valence-corrected chi connectivity index (χ4v) is 7.09. The first-order chi connectivity index (χ1) is 30.1. The quantitative estimate of drug-likeness (QED) is 0.0198. The van der Waals surface area contributed by atoms with Gasteiger partial charge in [-0.1, -0.05) is 196 Å². The van der Waals surface area contributed by atoms with Crippen molar-refractivity contribution in [1.29, 1.82) is 0 Å². The highest BCUT2D eigenvalue weighted by Crippen LogP contribution is 2.15. The van der Waals surface area contributed by atoms with E-state index >= 15 is 0 Å². The topological polar surface area (TPSA) is 102 Å². The maximum atomic E-state index is 12.8. The number of nitrogens with zero attached hydrogens (tertiary/aromatic N) is 1. The highest BCUT2D eigenvalue weighted by molar-refractivity contribution is 5.70. The summed E-state index contributed by atoms with van der Waals surface area (Å²) in [5.41, 5.74) is 0. The molecular formula is C54H93NO7. The lowest BCUT2D eigenvalue weighted by Crippen LogP contribution is -2.55. The van der Waals surface area contributed by atoms with Crippen LogP contribution in [-0.4, -0.2) is 75.5 Å². The molecule has 0 heterocycles. The maximum absolute atomic E-state index is 12.8. The number of hydrogen-bond acceptors (Lipinski definition) is 7. The predicted octanol–water partition coefficient (Wildman–Crippen LogP) is 13.0. The lowest BCUT2D eigenvalue weighted by atomic mass is 10.0. The van der Waals surface area contributed by atoms with Crippen molar-refractivity contribution in [2.45, 2.75) is 212 Å². The van der Waals surface area contributed by atoms with Gasteiger partial charge in [-0.05, 0) is 57.8 Å². The van der Waals surface area contributed by atoms with Gasteiger partial charge >= 0.3 is 11.9 Å². The van der Waals surface area contributed by atoms with Crippen LogP contribution in [0.4, 0.5) is 0 Å². The summed E-state index contributed by atoms with van der Waals surface area (Å²) in [6.45, 7) is 4.48. The van der Waals surface area contributed by atoms with Crippen molar-refractivity contribution in [3.63, 3.8) is 0 Å². The summed E-state index contributed by atoms with van der Waals surface area (Å²) >= 11 is 0. The van der Waals surface area contributed by atoms with E-state index in [1.807, 2.05) is 48.6 Å². The summed E-state index contributed by atoms with van der Waals surface area (Å²) in [7, 11) is 5.39. The molecule has 8 heteroatoms. The average Bonchev–Trinajstić information content (AvgIpc) is 3.23. The molecule has 0 amide bonds. The van der Waals surface area contributed by atoms with Crippen LogP contribution in [0.1, 0.15) is 200 Å². The largest absolute Gasteiger partial charge is 0.544 e. The number of hydrogen-bond donors (Lipinski definition) is 0. The molecule has 0 aromatic carbocycles. The number of carboxylic acids is 1. The van der Waals surface area contributed by atoms with E-state index in [2.05, 4.69) is 38.2 Å². The Hall–Kier alpha value is -3.23. The molecule has 0 bridgehead atoms. The highest BCUT2D eigenvalue weighted by Gasteiger charge is 2.25. The van der Waals surface area contributed by atoms with Crippen molar-refractivity contribution in [1.82, 2.24) is 0 Å². The molecule has 0 N–H and O–H groups in total. The first-order valence-corrected chi connectivity index (χ1v) is 25.0. The van der Waals surface area contributed by atoms with Crippen LogP contribution in [0.2, 0.25) is 0 Å². The van der Waals surface area contributed by atoms with Crippen molar-refractivity contribution < 1.29 is 38.2 Å². The van der Waals surface area contributed by atoms with Crippen molar-refractivity contribution in [3.8, 4) is 0 Å². The molecule has 0 saturated carbocycles. The molecule has 0 rings (SSSR count). The van der Waals surface area contributed by atoms with Gasteiger partial charge in [0.2, 0.25) is 0 Å². The number of unbranched alkanes of at least 4 members (excludes halogenated alkanes) is 22. The van der Waals surface area contributed by atoms with E-state index in [0.717, 1.165) is 51.4 Å². The van der Waals surface area contributed by atoms with E-state index in [4.69, 9.17) is 14.2 Å². The van der Waals surface area contributed by atoms with Gasteiger partial charge in [0.1, 0.15) is 12.6 Å². The highest BCUT2D eigenvalue weighted by atomic mass is 16.6. The van der Waals surface area contributed by atoms with Gasteiger partial charge in [0.25, 0.3) is 0 Å². The van der Waals surface area contributed by atoms with E-state index < -0.39 is 18.1 Å². The van der Waals surface area contributed by atoms with Gasteiger partial charge in [0, 0.05) is 19.3 Å². The van der Waals surface area contributed by atoms with Crippen LogP contribution in [0.25, 0.3) is 0 Å². The molecule has 356 valence electrons. The third-order valence-electron chi connectivity index (χ3n) is 11.0. The monoisotopic (exact) mass is 868 g/mol. The number of allylic oxidation sites excluding steroid dienone is 12. The van der Waals surface area contributed by atoms with Crippen LogP contribution in [0.3, 0.4) is 0 Å². The molecule has 62 heavy (non-hydrogen) atoms. The molecule has 0 spiro atoms. The first kappa shape index (κ1) is 58.8. The lowest BCUT2D eigenvalue weighted by Gasteiger charge is -2.34. The standard InChI is InChI=1S/C54H93NO7/c1-6-8-10-12-14-16-18-20-22-23-24-25-26-27-28-29-31-33-35-37-39-41-43-45-53(57)62-50(48-60-47-46-51(54(58)59)55(3,4)5)49-61-52(56)44-42-40-38-36-34-32-30-21-19-17-15-13-11-9-7-2/h9,11,13,15,17,19,21,27-28,30,32,34,50-51H,6-8,10,12,14,16,18,20,22-26,29,31,33,35-49H2,1-5H3/b11-9+,15-13+,19-17+,28-27+,30-21+,34-32+. The summed E-state index contributed by atoms with van der Waals surface area (Å²) in [4.78, 5) is 37.0. The second-order valence-corrected chi connectivity index (χ2v) is 17.8. The number of esters is 2. The Morgan fingerprint density at radius 2 is 0.919 bits per heavy atom. The van der Waals surface area contributed by atoms with Crippen molar-refractivity contribution in [3.05, 3.63) is 72.9 Å². The lowest BCUT2D eigenvalue weighted by molar-refractivity contribution is -0.889. The Kier molecular flexibility index (Phi) is 42.1. The molecular weight excluding hydrogens is 775 g/mol. The minimum absolute atomic E-state index is 0.0219. The Labute approximate surface area is 381 Å². The van der Waals surface area contributed by atoms with Crippen LogP contribution in [-0.2, 0) is 28.6 Å². The smallest absolute Gasteiger partial charge is 0.306 e. The second-order valence-electron chi connectivity index (χ2n) is 17.8. The van der Waals surface area contributed by atoms with Crippen molar-refractivity contribution >= 4 is 17.9 Å². The number of carbonyl (C=O) groups excluding carboxylic acids is 3. The third kappa shape index (κ3) is 42.1. The van der Waals surface area contributed by atoms with Gasteiger partial charge in [-0.15, -0.1) is 0 Å². The van der Waals surface area contributed by atoms with E-state index in [1.54, 1.807) is 21.1 Å². The van der Waals surface area contributed by atoms with Gasteiger partial charge in [0.15, 0.2) is 6.10 Å². The van der Waals surface area contributed by atoms with Gasteiger partial charge < -0.3 is 28.6 Å². The summed E-state index contributed by atoms with van der Waals surface area (Å²) in [5.74, 6) is -1.80. The summed E-state index contributed by atoms with van der Waals surface area (Å²) < 4.78 is 17.2. The number of aliphatic carboxylic acids is 1. The molecule has 2 unspecified atom stereocenters. The Morgan fingerprint density at radius 1 is 0.500 bits per heavy atom. The molecule has 0 aromatic rings. The van der Waals surface area contributed by atoms with Crippen LogP contribution in [0.5, 0.6) is 0 Å². The van der Waals surface area contributed by atoms with Crippen LogP contribution >= 0.6 is 0 Å². The minimum atomic E-state index is -1.13.